The lowest BCUT2D eigenvalue weighted by Gasteiger charge is -2.24. The summed E-state index contributed by atoms with van der Waals surface area (Å²) in [7, 11) is -4.90. The largest absolute Gasteiger partial charge is 0.472 e. The van der Waals surface area contributed by atoms with Crippen molar-refractivity contribution < 1.29 is 47.4 Å². The number of rotatable bonds is 28. The minimum atomic E-state index is -4.90. The third kappa shape index (κ3) is 14.6. The van der Waals surface area contributed by atoms with Gasteiger partial charge in [-0.1, -0.05) is 96.8 Å². The summed E-state index contributed by atoms with van der Waals surface area (Å²) in [4.78, 5) is 23.3. The average molecular weight is 843 g/mol. The number of nitrogen functional groups attached to an aromatic ring is 1. The number of aliphatic hydroxyl groups is 2. The maximum Gasteiger partial charge on any atom is 0.472 e. The number of carbonyl (C=O) groups excluding carboxylic acids is 1. The molecule has 3 heterocycles. The molecular weight excluding hydrogens is 782 g/mol. The second-order valence-electron chi connectivity index (χ2n) is 15.2. The van der Waals surface area contributed by atoms with Crippen LogP contribution in [0.25, 0.3) is 5.52 Å². The number of ether oxygens (including phenoxy) is 2. The van der Waals surface area contributed by atoms with Crippen molar-refractivity contribution in [1.82, 2.24) is 14.9 Å². The summed E-state index contributed by atoms with van der Waals surface area (Å²) in [5.41, 5.74) is 5.11. The Morgan fingerprint density at radius 3 is 2.27 bits per heavy atom. The monoisotopic (exact) mass is 842 g/mol. The van der Waals surface area contributed by atoms with Gasteiger partial charge in [-0.25, -0.2) is 13.5 Å². The van der Waals surface area contributed by atoms with Gasteiger partial charge >= 0.3 is 7.82 Å². The molecule has 1 aromatic carbocycles. The van der Waals surface area contributed by atoms with E-state index in [0.29, 0.717) is 23.2 Å². The van der Waals surface area contributed by atoms with Crippen LogP contribution in [0.4, 0.5) is 10.1 Å². The number of phosphoric ester groups is 1. The number of fused-ring (bicyclic) bond motifs is 1. The lowest BCUT2D eigenvalue weighted by molar-refractivity contribution is -0.122. The fourth-order valence-corrected chi connectivity index (χ4v) is 7.93. The number of hydrogen-bond acceptors (Lipinski definition) is 12. The lowest BCUT2D eigenvalue weighted by atomic mass is 9.92. The van der Waals surface area contributed by atoms with Gasteiger partial charge in [0.25, 0.3) is 0 Å². The first-order valence-corrected chi connectivity index (χ1v) is 22.3. The van der Waals surface area contributed by atoms with Gasteiger partial charge in [-0.05, 0) is 48.4 Å². The van der Waals surface area contributed by atoms with Crippen LogP contribution in [0.3, 0.4) is 0 Å². The number of phosphoric acid groups is 1. The molecule has 1 aliphatic rings. The van der Waals surface area contributed by atoms with Crippen molar-refractivity contribution >= 4 is 24.9 Å². The fraction of sp³-hybridized carbons (Fsp3) is 0.619. The van der Waals surface area contributed by atoms with Gasteiger partial charge in [0, 0.05) is 19.2 Å². The van der Waals surface area contributed by atoms with E-state index >= 15 is 0 Å². The van der Waals surface area contributed by atoms with Crippen molar-refractivity contribution in [2.45, 2.75) is 146 Å². The first kappa shape index (κ1) is 47.7. The van der Waals surface area contributed by atoms with Crippen molar-refractivity contribution in [3.63, 3.8) is 0 Å². The molecular formula is C42H60FN6O9P. The number of nitrogens with zero attached hydrogens (tertiary/aromatic N) is 4. The number of amides is 1. The normalized spacial score (nSPS) is 20.6. The summed E-state index contributed by atoms with van der Waals surface area (Å²) in [5.74, 6) is -0.886. The zero-order valence-electron chi connectivity index (χ0n) is 34.0. The Kier molecular flexibility index (Phi) is 19.7. The number of anilines is 1. The number of benzene rings is 1. The fourth-order valence-electron chi connectivity index (χ4n) is 7.17. The molecule has 0 saturated carbocycles. The van der Waals surface area contributed by atoms with Crippen LogP contribution < -0.4 is 11.1 Å². The molecule has 1 saturated heterocycles. The molecule has 324 valence electrons. The molecule has 6 atom stereocenters. The van der Waals surface area contributed by atoms with Crippen LogP contribution in [0.15, 0.2) is 42.6 Å². The topological polar surface area (TPSA) is 235 Å². The summed E-state index contributed by atoms with van der Waals surface area (Å²) in [6, 6.07) is 12.0. The van der Waals surface area contributed by atoms with Crippen molar-refractivity contribution in [3.05, 3.63) is 65.2 Å². The smallest absolute Gasteiger partial charge is 0.397 e. The van der Waals surface area contributed by atoms with Gasteiger partial charge in [-0.3, -0.25) is 13.8 Å². The van der Waals surface area contributed by atoms with E-state index < -0.39 is 56.9 Å². The number of halogens is 1. The third-order valence-corrected chi connectivity index (χ3v) is 11.5. The van der Waals surface area contributed by atoms with Gasteiger partial charge in [0.05, 0.1) is 54.5 Å². The minimum absolute atomic E-state index is 0.0709. The zero-order valence-corrected chi connectivity index (χ0v) is 34.9. The second-order valence-corrected chi connectivity index (χ2v) is 16.7. The molecule has 59 heavy (non-hydrogen) atoms. The van der Waals surface area contributed by atoms with E-state index in [-0.39, 0.29) is 36.7 Å². The average Bonchev–Trinajstić information content (AvgIpc) is 3.77. The van der Waals surface area contributed by atoms with Crippen LogP contribution in [0, 0.1) is 28.5 Å². The number of unbranched alkanes of at least 4 members (excludes halogenated alkanes) is 14. The van der Waals surface area contributed by atoms with Crippen molar-refractivity contribution in [1.29, 1.82) is 10.5 Å². The van der Waals surface area contributed by atoms with Crippen LogP contribution in [-0.2, 0) is 40.1 Å². The van der Waals surface area contributed by atoms with Crippen molar-refractivity contribution in [2.24, 2.45) is 0 Å². The predicted molar refractivity (Wildman–Crippen MR) is 218 cm³/mol. The summed E-state index contributed by atoms with van der Waals surface area (Å²) in [5, 5.41) is 48.1. The van der Waals surface area contributed by atoms with Crippen molar-refractivity contribution in [2.75, 3.05) is 25.5 Å². The number of nitriles is 2. The van der Waals surface area contributed by atoms with Crippen LogP contribution in [-0.4, -0.2) is 74.8 Å². The molecule has 1 amide bonds. The number of nitrogens with one attached hydrogen (secondary N) is 1. The SMILES string of the molecule is CCCCCCCCCCCCCCCCCC(=O)NC[C@H](COP(=O)(O)OC[C@H]1O[C@@](C#N)(c2ccc3c(N)ccnn23)[C@H](O)[C@@H]1O)OCc1cc(F)cc(C#N)c1. The predicted octanol–water partition coefficient (Wildman–Crippen LogP) is 6.86. The van der Waals surface area contributed by atoms with E-state index in [9.17, 15) is 39.4 Å². The quantitative estimate of drug-likeness (QED) is 0.0372. The number of aliphatic hydroxyl groups excluding tert-OH is 2. The molecule has 0 radical (unpaired) electrons. The highest BCUT2D eigenvalue weighted by atomic mass is 31.2. The Labute approximate surface area is 346 Å². The molecule has 1 fully saturated rings. The van der Waals surface area contributed by atoms with Gasteiger partial charge in [0.2, 0.25) is 11.5 Å². The maximum absolute atomic E-state index is 14.1. The zero-order chi connectivity index (χ0) is 42.7. The lowest BCUT2D eigenvalue weighted by Crippen LogP contribution is -2.41. The summed E-state index contributed by atoms with van der Waals surface area (Å²) < 4.78 is 50.4. The Balaban J connectivity index is 1.23. The Hall–Kier alpha value is -3.96. The number of hydrogen-bond donors (Lipinski definition) is 5. The Bertz CT molecular complexity index is 1900. The summed E-state index contributed by atoms with van der Waals surface area (Å²) in [6.07, 6.45) is 13.8. The van der Waals surface area contributed by atoms with Crippen LogP contribution in [0.2, 0.25) is 0 Å². The van der Waals surface area contributed by atoms with E-state index in [4.69, 9.17) is 24.3 Å². The number of carbonyl (C=O) groups is 1. The summed E-state index contributed by atoms with van der Waals surface area (Å²) in [6.45, 7) is 0.577. The summed E-state index contributed by atoms with van der Waals surface area (Å²) >= 11 is 0. The molecule has 0 bridgehead atoms. The number of nitrogens with two attached hydrogens (primary N) is 1. The van der Waals surface area contributed by atoms with E-state index in [1.54, 1.807) is 12.1 Å². The molecule has 1 unspecified atom stereocenters. The first-order valence-electron chi connectivity index (χ1n) is 20.8. The Morgan fingerprint density at radius 1 is 1.00 bits per heavy atom. The van der Waals surface area contributed by atoms with Gasteiger partial charge < -0.3 is 35.6 Å². The van der Waals surface area contributed by atoms with Gasteiger partial charge in [-0.2, -0.15) is 15.6 Å². The molecule has 2 aromatic heterocycles. The molecule has 17 heteroatoms. The highest BCUT2D eigenvalue weighted by molar-refractivity contribution is 7.47. The molecule has 1 aliphatic heterocycles. The minimum Gasteiger partial charge on any atom is -0.397 e. The van der Waals surface area contributed by atoms with Crippen molar-refractivity contribution in [3.8, 4) is 12.1 Å². The second kappa shape index (κ2) is 24.3. The molecule has 15 nitrogen and oxygen atoms in total. The molecule has 0 spiro atoms. The highest BCUT2D eigenvalue weighted by Gasteiger charge is 2.58. The van der Waals surface area contributed by atoms with Gasteiger partial charge in [0.15, 0.2) is 0 Å². The Morgan fingerprint density at radius 2 is 1.64 bits per heavy atom. The maximum atomic E-state index is 14.1. The highest BCUT2D eigenvalue weighted by Crippen LogP contribution is 2.46. The van der Waals surface area contributed by atoms with E-state index in [2.05, 4.69) is 17.3 Å². The third-order valence-electron chi connectivity index (χ3n) is 10.5. The number of aromatic nitrogens is 2. The first-order chi connectivity index (χ1) is 28.4. The van der Waals surface area contributed by atoms with Gasteiger partial charge in [-0.15, -0.1) is 0 Å². The van der Waals surface area contributed by atoms with E-state index in [1.165, 1.54) is 99.5 Å². The van der Waals surface area contributed by atoms with E-state index in [1.807, 2.05) is 12.1 Å². The van der Waals surface area contributed by atoms with Crippen LogP contribution in [0.1, 0.15) is 126 Å². The van der Waals surface area contributed by atoms with E-state index in [0.717, 1.165) is 25.3 Å². The van der Waals surface area contributed by atoms with Crippen LogP contribution in [0.5, 0.6) is 0 Å². The molecule has 4 rings (SSSR count). The standard InChI is InChI=1S/C42H60FN6O9P/c1-2-3-4-5-6-7-8-9-10-11-12-13-14-15-16-17-39(50)47-26-34(55-27-32-22-31(25-44)23-33(43)24-32)28-56-59(53,54)57-29-37-40(51)41(52)42(30-45,58-37)38-19-18-36-35(46)20-21-48-49(36)38/h18-24,34,37,40-41,51-52H,2-17,26-29,46H2,1H3,(H,47,50)(H,53,54)/t34-,37-,40-,41-,42+/m1/s1. The molecule has 3 aromatic rings. The van der Waals surface area contributed by atoms with Crippen LogP contribution >= 0.6 is 7.82 Å². The van der Waals surface area contributed by atoms with Gasteiger partial charge in [0.1, 0.15) is 30.2 Å². The molecule has 0 aliphatic carbocycles. The molecule has 6 N–H and O–H groups in total.